The highest BCUT2D eigenvalue weighted by atomic mass is 35.5. The summed E-state index contributed by atoms with van der Waals surface area (Å²) in [6.07, 6.45) is 0.799. The van der Waals surface area contributed by atoms with Gasteiger partial charge in [0.15, 0.2) is 0 Å². The van der Waals surface area contributed by atoms with Crippen molar-refractivity contribution in [3.8, 4) is 0 Å². The van der Waals surface area contributed by atoms with Gasteiger partial charge in [0.25, 0.3) is 5.91 Å². The molecule has 0 saturated carbocycles. The number of carbonyl (C=O) groups excluding carboxylic acids is 1. The predicted molar refractivity (Wildman–Crippen MR) is 72.8 cm³/mol. The number of nitrogens with one attached hydrogen (secondary N) is 1. The molecule has 2 N–H and O–H groups in total. The van der Waals surface area contributed by atoms with Gasteiger partial charge < -0.3 is 10.4 Å². The largest absolute Gasteiger partial charge is 0.396 e. The molecule has 3 nitrogen and oxygen atoms in total. The van der Waals surface area contributed by atoms with E-state index >= 15 is 0 Å². The van der Waals surface area contributed by atoms with E-state index in [2.05, 4.69) is 5.32 Å². The third-order valence-corrected chi connectivity index (χ3v) is 3.37. The van der Waals surface area contributed by atoms with Crippen LogP contribution in [0.5, 0.6) is 0 Å². The lowest BCUT2D eigenvalue weighted by atomic mass is 10.2. The van der Waals surface area contributed by atoms with Crippen molar-refractivity contribution in [3.63, 3.8) is 0 Å². The van der Waals surface area contributed by atoms with Crippen molar-refractivity contribution in [2.75, 3.05) is 24.7 Å². The fourth-order valence-corrected chi connectivity index (χ4v) is 2.21. The number of carbonyl (C=O) groups is 1. The topological polar surface area (TPSA) is 49.3 Å². The Hall–Kier alpha value is -0.710. The molecule has 0 fully saturated rings. The van der Waals surface area contributed by atoms with Crippen LogP contribution in [0, 0.1) is 0 Å². The fraction of sp³-hybridized carbons (Fsp3) is 0.417. The van der Waals surface area contributed by atoms with Gasteiger partial charge in [-0.1, -0.05) is 17.7 Å². The highest BCUT2D eigenvalue weighted by Gasteiger charge is 2.04. The molecule has 0 aromatic heterocycles. The van der Waals surface area contributed by atoms with Crippen molar-refractivity contribution in [3.05, 3.63) is 34.9 Å². The zero-order valence-electron chi connectivity index (χ0n) is 9.49. The molecule has 0 atom stereocenters. The molecular formula is C12H16ClNO2S. The van der Waals surface area contributed by atoms with Crippen LogP contribution in [0.1, 0.15) is 16.8 Å². The predicted octanol–water partition coefficient (Wildman–Crippen LogP) is 2.19. The summed E-state index contributed by atoms with van der Waals surface area (Å²) >= 11 is 7.52. The summed E-state index contributed by atoms with van der Waals surface area (Å²) in [4.78, 5) is 11.7. The van der Waals surface area contributed by atoms with Crippen LogP contribution < -0.4 is 5.32 Å². The van der Waals surface area contributed by atoms with E-state index in [0.29, 0.717) is 17.1 Å². The Kier molecular flexibility index (Phi) is 7.08. The van der Waals surface area contributed by atoms with E-state index < -0.39 is 0 Å². The monoisotopic (exact) mass is 273 g/mol. The minimum atomic E-state index is -0.102. The first kappa shape index (κ1) is 14.4. The maximum Gasteiger partial charge on any atom is 0.251 e. The molecule has 0 aliphatic carbocycles. The molecule has 1 aromatic rings. The number of rotatable bonds is 7. The Morgan fingerprint density at radius 3 is 2.94 bits per heavy atom. The summed E-state index contributed by atoms with van der Waals surface area (Å²) in [6.45, 7) is 0.851. The van der Waals surface area contributed by atoms with Gasteiger partial charge in [0.05, 0.1) is 0 Å². The third-order valence-electron chi connectivity index (χ3n) is 2.07. The van der Waals surface area contributed by atoms with Gasteiger partial charge in [0, 0.05) is 29.5 Å². The van der Waals surface area contributed by atoms with Crippen molar-refractivity contribution >= 4 is 29.3 Å². The van der Waals surface area contributed by atoms with Crippen molar-refractivity contribution < 1.29 is 9.90 Å². The summed E-state index contributed by atoms with van der Waals surface area (Å²) in [5.74, 6) is 1.67. The van der Waals surface area contributed by atoms with Gasteiger partial charge in [-0.25, -0.2) is 0 Å². The Morgan fingerprint density at radius 2 is 2.24 bits per heavy atom. The average molecular weight is 274 g/mol. The lowest BCUT2D eigenvalue weighted by Crippen LogP contribution is -2.25. The van der Waals surface area contributed by atoms with Crippen LogP contribution in [-0.2, 0) is 0 Å². The van der Waals surface area contributed by atoms with Crippen molar-refractivity contribution in [1.29, 1.82) is 0 Å². The number of amides is 1. The van der Waals surface area contributed by atoms with Gasteiger partial charge in [0.2, 0.25) is 0 Å². The number of halogens is 1. The first-order valence-corrected chi connectivity index (χ1v) is 6.99. The molecule has 0 aliphatic rings. The molecule has 17 heavy (non-hydrogen) atoms. The molecule has 94 valence electrons. The summed E-state index contributed by atoms with van der Waals surface area (Å²) in [5, 5.41) is 12.0. The zero-order valence-corrected chi connectivity index (χ0v) is 11.1. The normalized spacial score (nSPS) is 10.2. The van der Waals surface area contributed by atoms with Crippen LogP contribution >= 0.6 is 23.4 Å². The molecule has 5 heteroatoms. The van der Waals surface area contributed by atoms with E-state index in [1.807, 2.05) is 0 Å². The Labute approximate surface area is 111 Å². The van der Waals surface area contributed by atoms with E-state index in [1.54, 1.807) is 36.0 Å². The highest BCUT2D eigenvalue weighted by Crippen LogP contribution is 2.10. The molecule has 1 amide bonds. The average Bonchev–Trinajstić information content (AvgIpc) is 2.33. The Bertz CT molecular complexity index is 360. The fourth-order valence-electron chi connectivity index (χ4n) is 1.24. The van der Waals surface area contributed by atoms with Gasteiger partial charge in [-0.2, -0.15) is 11.8 Å². The number of aliphatic hydroxyl groups is 1. The van der Waals surface area contributed by atoms with Gasteiger partial charge in [-0.15, -0.1) is 0 Å². The van der Waals surface area contributed by atoms with Crippen LogP contribution in [0.25, 0.3) is 0 Å². The minimum Gasteiger partial charge on any atom is -0.396 e. The Balaban J connectivity index is 2.21. The van der Waals surface area contributed by atoms with Crippen molar-refractivity contribution in [2.24, 2.45) is 0 Å². The number of aliphatic hydroxyl groups excluding tert-OH is 1. The second-order valence-corrected chi connectivity index (χ2v) is 5.12. The lowest BCUT2D eigenvalue weighted by molar-refractivity contribution is 0.0956. The SMILES string of the molecule is O=C(NCCSCCCO)c1cccc(Cl)c1. The Morgan fingerprint density at radius 1 is 1.41 bits per heavy atom. The van der Waals surface area contributed by atoms with E-state index in [1.165, 1.54) is 0 Å². The highest BCUT2D eigenvalue weighted by molar-refractivity contribution is 7.99. The molecule has 1 aromatic carbocycles. The number of hydrogen-bond acceptors (Lipinski definition) is 3. The van der Waals surface area contributed by atoms with Crippen LogP contribution in [-0.4, -0.2) is 35.7 Å². The van der Waals surface area contributed by atoms with E-state index in [9.17, 15) is 4.79 Å². The van der Waals surface area contributed by atoms with Crippen LogP contribution in [0.2, 0.25) is 5.02 Å². The first-order valence-electron chi connectivity index (χ1n) is 5.46. The molecule has 0 unspecified atom stereocenters. The zero-order chi connectivity index (χ0) is 12.5. The van der Waals surface area contributed by atoms with Crippen LogP contribution in [0.15, 0.2) is 24.3 Å². The van der Waals surface area contributed by atoms with Gasteiger partial charge in [0.1, 0.15) is 0 Å². The van der Waals surface area contributed by atoms with Gasteiger partial charge in [-0.3, -0.25) is 4.79 Å². The van der Waals surface area contributed by atoms with Crippen LogP contribution in [0.3, 0.4) is 0 Å². The quantitative estimate of drug-likeness (QED) is 0.749. The number of hydrogen-bond donors (Lipinski definition) is 2. The van der Waals surface area contributed by atoms with E-state index in [-0.39, 0.29) is 12.5 Å². The molecule has 0 saturated heterocycles. The second kappa shape index (κ2) is 8.39. The molecule has 0 heterocycles. The molecule has 0 bridgehead atoms. The molecule has 0 radical (unpaired) electrons. The molecule has 0 aliphatic heterocycles. The minimum absolute atomic E-state index is 0.102. The smallest absolute Gasteiger partial charge is 0.251 e. The van der Waals surface area contributed by atoms with E-state index in [4.69, 9.17) is 16.7 Å². The van der Waals surface area contributed by atoms with Gasteiger partial charge >= 0.3 is 0 Å². The second-order valence-electron chi connectivity index (χ2n) is 3.46. The summed E-state index contributed by atoms with van der Waals surface area (Å²) in [7, 11) is 0. The summed E-state index contributed by atoms with van der Waals surface area (Å²) < 4.78 is 0. The lowest BCUT2D eigenvalue weighted by Gasteiger charge is -2.05. The summed E-state index contributed by atoms with van der Waals surface area (Å²) in [5.41, 5.74) is 0.581. The summed E-state index contributed by atoms with van der Waals surface area (Å²) in [6, 6.07) is 6.88. The molecular weight excluding hydrogens is 258 g/mol. The van der Waals surface area contributed by atoms with Crippen molar-refractivity contribution in [2.45, 2.75) is 6.42 Å². The maximum atomic E-state index is 11.7. The first-order chi connectivity index (χ1) is 8.24. The van der Waals surface area contributed by atoms with Crippen molar-refractivity contribution in [1.82, 2.24) is 5.32 Å². The van der Waals surface area contributed by atoms with E-state index in [0.717, 1.165) is 17.9 Å². The maximum absolute atomic E-state index is 11.7. The van der Waals surface area contributed by atoms with Crippen LogP contribution in [0.4, 0.5) is 0 Å². The third kappa shape index (κ3) is 5.96. The number of benzene rings is 1. The number of thioether (sulfide) groups is 1. The standard InChI is InChI=1S/C12H16ClNO2S/c13-11-4-1-3-10(9-11)12(16)14-5-8-17-7-2-6-15/h1,3-4,9,15H,2,5-8H2,(H,14,16). The molecule has 1 rings (SSSR count). The van der Waals surface area contributed by atoms with Gasteiger partial charge in [-0.05, 0) is 30.4 Å². The molecule has 0 spiro atoms.